The molecule has 0 aliphatic carbocycles. The maximum absolute atomic E-state index is 13.2. The molecule has 1 aliphatic heterocycles. The molecule has 1 aromatic heterocycles. The molecule has 4 rings (SSSR count). The minimum atomic E-state index is -0.850. The Kier molecular flexibility index (Phi) is 10.7. The summed E-state index contributed by atoms with van der Waals surface area (Å²) in [5.74, 6) is -2.18. The van der Waals surface area contributed by atoms with Crippen LogP contribution in [-0.2, 0) is 31.8 Å². The molecule has 2 aromatic carbocycles. The number of aromatic nitrogens is 1. The van der Waals surface area contributed by atoms with Crippen molar-refractivity contribution in [3.63, 3.8) is 0 Å². The number of carbonyl (C=O) groups excluding carboxylic acids is 2. The van der Waals surface area contributed by atoms with E-state index in [9.17, 15) is 14.7 Å². The Balaban J connectivity index is 1.46. The van der Waals surface area contributed by atoms with Crippen LogP contribution in [0.25, 0.3) is 0 Å². The van der Waals surface area contributed by atoms with Crippen LogP contribution >= 0.6 is 0 Å². The Labute approximate surface area is 235 Å². The molecule has 1 saturated heterocycles. The number of aryl methyl sites for hydroxylation is 1. The Morgan fingerprint density at radius 1 is 1.02 bits per heavy atom. The van der Waals surface area contributed by atoms with Crippen LogP contribution in [-0.4, -0.2) is 61.0 Å². The van der Waals surface area contributed by atoms with Gasteiger partial charge in [0.05, 0.1) is 32.3 Å². The van der Waals surface area contributed by atoms with Gasteiger partial charge in [-0.15, -0.1) is 0 Å². The van der Waals surface area contributed by atoms with Crippen LogP contribution in [0.5, 0.6) is 11.5 Å². The van der Waals surface area contributed by atoms with Crippen LogP contribution in [0, 0.1) is 11.8 Å². The summed E-state index contributed by atoms with van der Waals surface area (Å²) >= 11 is 0. The van der Waals surface area contributed by atoms with E-state index in [1.54, 1.807) is 0 Å². The van der Waals surface area contributed by atoms with E-state index < -0.39 is 29.9 Å². The van der Waals surface area contributed by atoms with Gasteiger partial charge in [-0.1, -0.05) is 60.7 Å². The summed E-state index contributed by atoms with van der Waals surface area (Å²) in [5.41, 5.74) is 2.23. The minimum Gasteiger partial charge on any atom is -0.503 e. The van der Waals surface area contributed by atoms with E-state index in [0.29, 0.717) is 19.6 Å². The number of hydrogen-bond donors (Lipinski definition) is 1. The molecule has 1 N–H and O–H groups in total. The predicted octanol–water partition coefficient (Wildman–Crippen LogP) is 4.82. The van der Waals surface area contributed by atoms with E-state index in [-0.39, 0.29) is 36.1 Å². The molecule has 3 aromatic rings. The summed E-state index contributed by atoms with van der Waals surface area (Å²) in [6, 6.07) is 21.8. The van der Waals surface area contributed by atoms with Crippen molar-refractivity contribution in [3.05, 3.63) is 89.7 Å². The molecule has 1 fully saturated rings. The summed E-state index contributed by atoms with van der Waals surface area (Å²) in [6.45, 7) is 2.69. The molecule has 0 spiro atoms. The summed E-state index contributed by atoms with van der Waals surface area (Å²) < 4.78 is 23.4. The van der Waals surface area contributed by atoms with Crippen molar-refractivity contribution in [3.8, 4) is 11.5 Å². The lowest BCUT2D eigenvalue weighted by Crippen LogP contribution is -2.40. The number of ether oxygens (including phenoxy) is 4. The summed E-state index contributed by atoms with van der Waals surface area (Å²) in [7, 11) is 1.39. The summed E-state index contributed by atoms with van der Waals surface area (Å²) in [5, 5.41) is 10.4. The SMILES string of the molecule is COc1ccnc(C(=O)C[C@H]2COC[C@H](Cc3ccccc3)[C@@H](OCCCc3ccccc3)[C@H](C)OC2=O)c1O. The Morgan fingerprint density at radius 3 is 2.42 bits per heavy atom. The van der Waals surface area contributed by atoms with Gasteiger partial charge in [-0.3, -0.25) is 9.59 Å². The standard InChI is InChI=1S/C32H37NO7/c1-22-31(39-17-9-14-23-10-5-3-6-11-23)25(18-24-12-7-4-8-13-24)20-38-21-26(32(36)40-22)19-27(34)29-30(35)28(37-2)15-16-33-29/h3-8,10-13,15-16,22,25-26,31,35H,9,14,17-21H2,1-2H3/t22-,25-,26-,31-/m0/s1. The van der Waals surface area contributed by atoms with E-state index in [0.717, 1.165) is 18.4 Å². The van der Waals surface area contributed by atoms with Crippen molar-refractivity contribution in [2.24, 2.45) is 11.8 Å². The lowest BCUT2D eigenvalue weighted by atomic mass is 9.91. The Morgan fingerprint density at radius 2 is 1.73 bits per heavy atom. The molecule has 8 nitrogen and oxygen atoms in total. The monoisotopic (exact) mass is 547 g/mol. The number of nitrogens with zero attached hydrogens (tertiary/aromatic N) is 1. The fourth-order valence-corrected chi connectivity index (χ4v) is 5.03. The number of hydrogen-bond acceptors (Lipinski definition) is 8. The van der Waals surface area contributed by atoms with Crippen molar-refractivity contribution in [2.75, 3.05) is 26.9 Å². The number of rotatable bonds is 11. The van der Waals surface area contributed by atoms with Crippen molar-refractivity contribution in [1.29, 1.82) is 0 Å². The number of benzene rings is 2. The number of esters is 1. The van der Waals surface area contributed by atoms with Crippen LogP contribution < -0.4 is 4.74 Å². The second-order valence-electron chi connectivity index (χ2n) is 10.1. The van der Waals surface area contributed by atoms with Gasteiger partial charge >= 0.3 is 5.97 Å². The largest absolute Gasteiger partial charge is 0.503 e. The fourth-order valence-electron chi connectivity index (χ4n) is 5.03. The molecular formula is C32H37NO7. The van der Waals surface area contributed by atoms with Gasteiger partial charge in [0.2, 0.25) is 0 Å². The zero-order valence-electron chi connectivity index (χ0n) is 23.0. The van der Waals surface area contributed by atoms with E-state index in [1.807, 2.05) is 43.3 Å². The topological polar surface area (TPSA) is 104 Å². The second kappa shape index (κ2) is 14.6. The van der Waals surface area contributed by atoms with Crippen molar-refractivity contribution < 1.29 is 33.6 Å². The van der Waals surface area contributed by atoms with E-state index in [1.165, 1.54) is 24.9 Å². The van der Waals surface area contributed by atoms with Gasteiger partial charge in [0.25, 0.3) is 0 Å². The average Bonchev–Trinajstić information content (AvgIpc) is 3.01. The molecule has 2 heterocycles. The van der Waals surface area contributed by atoms with Gasteiger partial charge in [-0.25, -0.2) is 4.98 Å². The second-order valence-corrected chi connectivity index (χ2v) is 10.1. The Hall–Kier alpha value is -3.75. The maximum Gasteiger partial charge on any atom is 0.312 e. The number of carbonyl (C=O) groups is 2. The van der Waals surface area contributed by atoms with Crippen LogP contribution in [0.3, 0.4) is 0 Å². The van der Waals surface area contributed by atoms with Gasteiger partial charge in [-0.2, -0.15) is 0 Å². The van der Waals surface area contributed by atoms with Crippen molar-refractivity contribution >= 4 is 11.8 Å². The highest BCUT2D eigenvalue weighted by Crippen LogP contribution is 2.30. The molecule has 1 aliphatic rings. The lowest BCUT2D eigenvalue weighted by molar-refractivity contribution is -0.162. The summed E-state index contributed by atoms with van der Waals surface area (Å²) in [4.78, 5) is 30.2. The van der Waals surface area contributed by atoms with Gasteiger partial charge in [-0.05, 0) is 37.3 Å². The zero-order valence-corrected chi connectivity index (χ0v) is 23.0. The molecule has 212 valence electrons. The molecule has 0 radical (unpaired) electrons. The Bertz CT molecular complexity index is 1230. The number of Topliss-reactive ketones (excluding diaryl/α,β-unsaturated/α-hetero) is 1. The smallest absolute Gasteiger partial charge is 0.312 e. The van der Waals surface area contributed by atoms with Crippen LogP contribution in [0.15, 0.2) is 72.9 Å². The predicted molar refractivity (Wildman–Crippen MR) is 149 cm³/mol. The molecular weight excluding hydrogens is 510 g/mol. The molecule has 8 heteroatoms. The highest BCUT2D eigenvalue weighted by molar-refractivity contribution is 5.99. The number of ketones is 1. The molecule has 4 atom stereocenters. The highest BCUT2D eigenvalue weighted by Gasteiger charge is 2.36. The average molecular weight is 548 g/mol. The number of cyclic esters (lactones) is 1. The third-order valence-electron chi connectivity index (χ3n) is 7.12. The third kappa shape index (κ3) is 7.90. The molecule has 0 amide bonds. The van der Waals surface area contributed by atoms with Crippen molar-refractivity contribution in [1.82, 2.24) is 4.98 Å². The normalized spacial score (nSPS) is 21.5. The van der Waals surface area contributed by atoms with Gasteiger partial charge in [0, 0.05) is 31.2 Å². The first-order valence-electron chi connectivity index (χ1n) is 13.7. The first-order chi connectivity index (χ1) is 19.5. The van der Waals surface area contributed by atoms with Gasteiger partial charge in [0.15, 0.2) is 23.0 Å². The first kappa shape index (κ1) is 29.2. The third-order valence-corrected chi connectivity index (χ3v) is 7.12. The first-order valence-corrected chi connectivity index (χ1v) is 13.7. The molecule has 0 saturated carbocycles. The minimum absolute atomic E-state index is 0.00798. The fraction of sp³-hybridized carbons (Fsp3) is 0.406. The molecule has 0 bridgehead atoms. The maximum atomic E-state index is 13.2. The quantitative estimate of drug-likeness (QED) is 0.207. The number of methoxy groups -OCH3 is 1. The molecule has 40 heavy (non-hydrogen) atoms. The van der Waals surface area contributed by atoms with E-state index >= 15 is 0 Å². The number of aromatic hydroxyl groups is 1. The van der Waals surface area contributed by atoms with Crippen LogP contribution in [0.2, 0.25) is 0 Å². The van der Waals surface area contributed by atoms with Gasteiger partial charge in [0.1, 0.15) is 6.10 Å². The van der Waals surface area contributed by atoms with Crippen LogP contribution in [0.4, 0.5) is 0 Å². The van der Waals surface area contributed by atoms with Crippen molar-refractivity contribution in [2.45, 2.75) is 44.8 Å². The van der Waals surface area contributed by atoms with E-state index in [2.05, 4.69) is 29.2 Å². The van der Waals surface area contributed by atoms with E-state index in [4.69, 9.17) is 18.9 Å². The molecule has 0 unspecified atom stereocenters. The van der Waals surface area contributed by atoms with Gasteiger partial charge < -0.3 is 24.1 Å². The summed E-state index contributed by atoms with van der Waals surface area (Å²) in [6.07, 6.45) is 2.62. The number of pyridine rings is 1. The van der Waals surface area contributed by atoms with Crippen LogP contribution in [0.1, 0.15) is 41.4 Å². The highest BCUT2D eigenvalue weighted by atomic mass is 16.6. The lowest BCUT2D eigenvalue weighted by Gasteiger charge is -2.31. The zero-order chi connectivity index (χ0) is 28.3.